The molecule has 2 aliphatic rings. The van der Waals surface area contributed by atoms with Gasteiger partial charge < -0.3 is 20.1 Å². The number of hydrogen-bond acceptors (Lipinski definition) is 4. The Bertz CT molecular complexity index is 324. The van der Waals surface area contributed by atoms with E-state index in [4.69, 9.17) is 9.47 Å². The Kier molecular flexibility index (Phi) is 6.06. The quantitative estimate of drug-likeness (QED) is 0.552. The molecule has 0 spiro atoms. The molecule has 3 atom stereocenters. The van der Waals surface area contributed by atoms with E-state index >= 15 is 0 Å². The zero-order valence-electron chi connectivity index (χ0n) is 12.9. The predicted molar refractivity (Wildman–Crippen MR) is 80.2 cm³/mol. The molecule has 116 valence electrons. The van der Waals surface area contributed by atoms with Crippen LogP contribution >= 0.6 is 0 Å². The lowest BCUT2D eigenvalue weighted by Crippen LogP contribution is -2.52. The summed E-state index contributed by atoms with van der Waals surface area (Å²) in [7, 11) is 3.49. The molecule has 20 heavy (non-hydrogen) atoms. The minimum atomic E-state index is 0.237. The summed E-state index contributed by atoms with van der Waals surface area (Å²) in [6.45, 7) is 6.66. The van der Waals surface area contributed by atoms with Crippen molar-refractivity contribution in [2.75, 3.05) is 47.0 Å². The van der Waals surface area contributed by atoms with Crippen molar-refractivity contribution in [2.45, 2.75) is 38.0 Å². The third-order valence-electron chi connectivity index (χ3n) is 3.98. The molecule has 0 saturated carbocycles. The Morgan fingerprint density at radius 1 is 1.55 bits per heavy atom. The molecule has 6 heteroatoms. The van der Waals surface area contributed by atoms with Crippen molar-refractivity contribution < 1.29 is 9.47 Å². The highest BCUT2D eigenvalue weighted by Crippen LogP contribution is 2.22. The van der Waals surface area contributed by atoms with Gasteiger partial charge in [-0.2, -0.15) is 0 Å². The van der Waals surface area contributed by atoms with Crippen molar-refractivity contribution in [2.24, 2.45) is 4.99 Å². The van der Waals surface area contributed by atoms with Crippen LogP contribution in [0.15, 0.2) is 4.99 Å². The van der Waals surface area contributed by atoms with Crippen molar-refractivity contribution in [1.82, 2.24) is 15.5 Å². The van der Waals surface area contributed by atoms with Gasteiger partial charge in [0.2, 0.25) is 0 Å². The van der Waals surface area contributed by atoms with E-state index < -0.39 is 0 Å². The molecule has 0 aromatic heterocycles. The molecule has 2 fully saturated rings. The Balaban J connectivity index is 1.70. The van der Waals surface area contributed by atoms with Crippen LogP contribution in [-0.2, 0) is 9.47 Å². The first-order valence-electron chi connectivity index (χ1n) is 7.54. The van der Waals surface area contributed by atoms with E-state index in [1.165, 1.54) is 19.4 Å². The van der Waals surface area contributed by atoms with E-state index in [0.29, 0.717) is 12.6 Å². The molecule has 0 aromatic carbocycles. The molecule has 0 aromatic rings. The molecule has 0 radical (unpaired) electrons. The first-order chi connectivity index (χ1) is 9.72. The molecule has 2 N–H and O–H groups in total. The molecule has 0 bridgehead atoms. The topological polar surface area (TPSA) is 58.1 Å². The van der Waals surface area contributed by atoms with Gasteiger partial charge in [-0.15, -0.1) is 0 Å². The Morgan fingerprint density at radius 2 is 2.40 bits per heavy atom. The van der Waals surface area contributed by atoms with Crippen LogP contribution in [0.4, 0.5) is 0 Å². The lowest BCUT2D eigenvalue weighted by molar-refractivity contribution is -0.0453. The normalized spacial score (nSPS) is 29.1. The number of nitrogens with zero attached hydrogens (tertiary/aromatic N) is 2. The highest BCUT2D eigenvalue weighted by Gasteiger charge is 2.32. The zero-order chi connectivity index (χ0) is 14.4. The third kappa shape index (κ3) is 4.33. The molecule has 6 nitrogen and oxygen atoms in total. The van der Waals surface area contributed by atoms with E-state index in [1.807, 2.05) is 0 Å². The minimum absolute atomic E-state index is 0.237. The average molecular weight is 284 g/mol. The van der Waals surface area contributed by atoms with Gasteiger partial charge in [-0.05, 0) is 26.3 Å². The second-order valence-electron chi connectivity index (χ2n) is 5.70. The van der Waals surface area contributed by atoms with E-state index in [-0.39, 0.29) is 12.1 Å². The third-order valence-corrected chi connectivity index (χ3v) is 3.98. The number of ether oxygens (including phenoxy) is 2. The van der Waals surface area contributed by atoms with E-state index in [2.05, 4.69) is 27.4 Å². The number of aliphatic imine (C=N–C) groups is 1. The molecular weight excluding hydrogens is 256 g/mol. The maximum absolute atomic E-state index is 5.93. The van der Waals surface area contributed by atoms with Crippen molar-refractivity contribution >= 4 is 5.96 Å². The molecule has 3 unspecified atom stereocenters. The molecular formula is C14H28N4O2. The summed E-state index contributed by atoms with van der Waals surface area (Å²) in [4.78, 5) is 6.79. The highest BCUT2D eigenvalue weighted by atomic mass is 16.5. The van der Waals surface area contributed by atoms with Crippen molar-refractivity contribution in [3.63, 3.8) is 0 Å². The van der Waals surface area contributed by atoms with Crippen LogP contribution in [0.1, 0.15) is 19.8 Å². The van der Waals surface area contributed by atoms with Crippen LogP contribution in [-0.4, -0.2) is 76.1 Å². The van der Waals surface area contributed by atoms with Gasteiger partial charge in [0, 0.05) is 39.3 Å². The zero-order valence-corrected chi connectivity index (χ0v) is 12.9. The number of morpholine rings is 1. The van der Waals surface area contributed by atoms with E-state index in [9.17, 15) is 0 Å². The number of fused-ring (bicyclic) bond motifs is 1. The van der Waals surface area contributed by atoms with Crippen LogP contribution < -0.4 is 10.6 Å². The SMILES string of the molecule is CN=C(NCC1CN2CCCC2CO1)NC(C)COC. The number of methoxy groups -OCH3 is 1. The Labute approximate surface area is 121 Å². The van der Waals surface area contributed by atoms with Crippen molar-refractivity contribution in [1.29, 1.82) is 0 Å². The number of rotatable bonds is 5. The molecule has 2 heterocycles. The highest BCUT2D eigenvalue weighted by molar-refractivity contribution is 5.79. The summed E-state index contributed by atoms with van der Waals surface area (Å²) in [5.41, 5.74) is 0. The van der Waals surface area contributed by atoms with E-state index in [1.54, 1.807) is 14.2 Å². The number of guanidine groups is 1. The lowest BCUT2D eigenvalue weighted by Gasteiger charge is -2.35. The molecule has 2 aliphatic heterocycles. The van der Waals surface area contributed by atoms with Gasteiger partial charge in [0.25, 0.3) is 0 Å². The largest absolute Gasteiger partial charge is 0.383 e. The van der Waals surface area contributed by atoms with Crippen LogP contribution in [0, 0.1) is 0 Å². The fourth-order valence-corrected chi connectivity index (χ4v) is 2.94. The summed E-state index contributed by atoms with van der Waals surface area (Å²) in [6.07, 6.45) is 2.85. The molecule has 0 amide bonds. The molecule has 0 aliphatic carbocycles. The monoisotopic (exact) mass is 284 g/mol. The molecule has 2 saturated heterocycles. The number of hydrogen-bond donors (Lipinski definition) is 2. The second kappa shape index (κ2) is 7.81. The second-order valence-corrected chi connectivity index (χ2v) is 5.70. The first kappa shape index (κ1) is 15.5. The number of nitrogens with one attached hydrogen (secondary N) is 2. The van der Waals surface area contributed by atoms with Crippen LogP contribution in [0.2, 0.25) is 0 Å². The van der Waals surface area contributed by atoms with Crippen LogP contribution in [0.25, 0.3) is 0 Å². The van der Waals surface area contributed by atoms with Gasteiger partial charge in [0.1, 0.15) is 0 Å². The first-order valence-corrected chi connectivity index (χ1v) is 7.54. The predicted octanol–water partition coefficient (Wildman–Crippen LogP) is 0.0495. The smallest absolute Gasteiger partial charge is 0.191 e. The van der Waals surface area contributed by atoms with Gasteiger partial charge in [0.05, 0.1) is 19.3 Å². The fraction of sp³-hybridized carbons (Fsp3) is 0.929. The summed E-state index contributed by atoms with van der Waals surface area (Å²) in [6, 6.07) is 0.895. The van der Waals surface area contributed by atoms with Crippen LogP contribution in [0.3, 0.4) is 0 Å². The van der Waals surface area contributed by atoms with Gasteiger partial charge in [-0.1, -0.05) is 0 Å². The summed E-state index contributed by atoms with van der Waals surface area (Å²) < 4.78 is 11.0. The lowest BCUT2D eigenvalue weighted by atomic mass is 10.2. The average Bonchev–Trinajstić information content (AvgIpc) is 2.91. The maximum Gasteiger partial charge on any atom is 0.191 e. The minimum Gasteiger partial charge on any atom is -0.383 e. The van der Waals surface area contributed by atoms with E-state index in [0.717, 1.165) is 25.7 Å². The van der Waals surface area contributed by atoms with Gasteiger partial charge in [-0.3, -0.25) is 9.89 Å². The summed E-state index contributed by atoms with van der Waals surface area (Å²) >= 11 is 0. The summed E-state index contributed by atoms with van der Waals surface area (Å²) in [5, 5.41) is 6.64. The molecule has 2 rings (SSSR count). The van der Waals surface area contributed by atoms with Gasteiger partial charge >= 0.3 is 0 Å². The van der Waals surface area contributed by atoms with Crippen LogP contribution in [0.5, 0.6) is 0 Å². The van der Waals surface area contributed by atoms with Crippen molar-refractivity contribution in [3.8, 4) is 0 Å². The van der Waals surface area contributed by atoms with Gasteiger partial charge in [0.15, 0.2) is 5.96 Å². The Hall–Kier alpha value is -0.850. The summed E-state index contributed by atoms with van der Waals surface area (Å²) in [5.74, 6) is 0.807. The Morgan fingerprint density at radius 3 is 3.15 bits per heavy atom. The maximum atomic E-state index is 5.93. The van der Waals surface area contributed by atoms with Crippen molar-refractivity contribution in [3.05, 3.63) is 0 Å². The standard InChI is InChI=1S/C14H28N4O2/c1-11(9-19-3)17-14(15-2)16-7-13-8-18-6-4-5-12(18)10-20-13/h11-13H,4-10H2,1-3H3,(H2,15,16,17). The fourth-order valence-electron chi connectivity index (χ4n) is 2.94. The van der Waals surface area contributed by atoms with Gasteiger partial charge in [-0.25, -0.2) is 0 Å².